The van der Waals surface area contributed by atoms with Crippen LogP contribution in [0.2, 0.25) is 0 Å². The zero-order valence-electron chi connectivity index (χ0n) is 12.3. The lowest BCUT2D eigenvalue weighted by Gasteiger charge is -2.17. The SMILES string of the molecule is COc1cc2c3c(cc(OC)c2cc1C)[C@@](C)(O)OC3=O. The first-order valence-electron chi connectivity index (χ1n) is 6.54. The van der Waals surface area contributed by atoms with Gasteiger partial charge in [-0.15, -0.1) is 0 Å². The molecule has 5 nitrogen and oxygen atoms in total. The van der Waals surface area contributed by atoms with Gasteiger partial charge in [-0.3, -0.25) is 0 Å². The van der Waals surface area contributed by atoms with Gasteiger partial charge in [0.1, 0.15) is 11.5 Å². The Morgan fingerprint density at radius 3 is 2.38 bits per heavy atom. The third-order valence-electron chi connectivity index (χ3n) is 3.83. The quantitative estimate of drug-likeness (QED) is 0.860. The van der Waals surface area contributed by atoms with E-state index in [1.807, 2.05) is 13.0 Å². The molecule has 0 saturated heterocycles. The molecule has 1 aliphatic heterocycles. The van der Waals surface area contributed by atoms with Crippen LogP contribution in [0.25, 0.3) is 10.8 Å². The second-order valence-corrected chi connectivity index (χ2v) is 5.24. The molecule has 5 heteroatoms. The summed E-state index contributed by atoms with van der Waals surface area (Å²) >= 11 is 0. The average molecular weight is 288 g/mol. The summed E-state index contributed by atoms with van der Waals surface area (Å²) in [4.78, 5) is 12.1. The van der Waals surface area contributed by atoms with Gasteiger partial charge in [0.15, 0.2) is 0 Å². The molecule has 0 saturated carbocycles. The number of aliphatic hydroxyl groups is 1. The third-order valence-corrected chi connectivity index (χ3v) is 3.83. The van der Waals surface area contributed by atoms with Crippen LogP contribution in [0, 0.1) is 6.92 Å². The van der Waals surface area contributed by atoms with Crippen molar-refractivity contribution in [1.82, 2.24) is 0 Å². The smallest absolute Gasteiger partial charge is 0.342 e. The van der Waals surface area contributed by atoms with E-state index in [-0.39, 0.29) is 0 Å². The number of cyclic esters (lactones) is 1. The predicted molar refractivity (Wildman–Crippen MR) is 76.8 cm³/mol. The maximum Gasteiger partial charge on any atom is 0.342 e. The van der Waals surface area contributed by atoms with Gasteiger partial charge in [-0.2, -0.15) is 0 Å². The number of benzene rings is 2. The van der Waals surface area contributed by atoms with E-state index in [0.29, 0.717) is 28.0 Å². The molecule has 0 aromatic heterocycles. The molecule has 2 aromatic carbocycles. The molecule has 0 amide bonds. The van der Waals surface area contributed by atoms with Crippen LogP contribution >= 0.6 is 0 Å². The Balaban J connectivity index is 2.47. The van der Waals surface area contributed by atoms with E-state index in [2.05, 4.69) is 0 Å². The molecule has 21 heavy (non-hydrogen) atoms. The van der Waals surface area contributed by atoms with Gasteiger partial charge in [0, 0.05) is 23.3 Å². The molecule has 0 unspecified atom stereocenters. The Bertz CT molecular complexity index is 761. The van der Waals surface area contributed by atoms with Crippen LogP contribution in [-0.2, 0) is 10.5 Å². The molecular formula is C16H16O5. The molecule has 0 aliphatic carbocycles. The van der Waals surface area contributed by atoms with E-state index in [1.54, 1.807) is 26.4 Å². The van der Waals surface area contributed by atoms with Gasteiger partial charge >= 0.3 is 5.97 Å². The number of fused-ring (bicyclic) bond motifs is 3. The van der Waals surface area contributed by atoms with Crippen LogP contribution < -0.4 is 9.47 Å². The summed E-state index contributed by atoms with van der Waals surface area (Å²) in [6, 6.07) is 5.32. The van der Waals surface area contributed by atoms with Crippen LogP contribution in [0.4, 0.5) is 0 Å². The van der Waals surface area contributed by atoms with E-state index < -0.39 is 11.8 Å². The first kappa shape index (κ1) is 13.7. The minimum absolute atomic E-state index is 0.356. The monoisotopic (exact) mass is 288 g/mol. The zero-order chi connectivity index (χ0) is 15.4. The van der Waals surface area contributed by atoms with Gasteiger partial charge in [-0.25, -0.2) is 4.79 Å². The van der Waals surface area contributed by atoms with Crippen molar-refractivity contribution in [1.29, 1.82) is 0 Å². The molecule has 0 spiro atoms. The Morgan fingerprint density at radius 1 is 1.10 bits per heavy atom. The topological polar surface area (TPSA) is 65.0 Å². The fraction of sp³-hybridized carbons (Fsp3) is 0.312. The van der Waals surface area contributed by atoms with E-state index in [1.165, 1.54) is 6.92 Å². The average Bonchev–Trinajstić information content (AvgIpc) is 2.66. The molecule has 1 aliphatic rings. The van der Waals surface area contributed by atoms with Gasteiger partial charge < -0.3 is 19.3 Å². The Morgan fingerprint density at radius 2 is 1.76 bits per heavy atom. The predicted octanol–water partition coefficient (Wildman–Crippen LogP) is 2.50. The number of aryl methyl sites for hydroxylation is 1. The van der Waals surface area contributed by atoms with Crippen molar-refractivity contribution in [3.8, 4) is 11.5 Å². The van der Waals surface area contributed by atoms with Crippen LogP contribution in [0.3, 0.4) is 0 Å². The first-order valence-corrected chi connectivity index (χ1v) is 6.54. The number of esters is 1. The first-order chi connectivity index (χ1) is 9.89. The fourth-order valence-corrected chi connectivity index (χ4v) is 2.79. The standard InChI is InChI=1S/C16H16O5/c1-8-5-9-10(6-12(8)19-3)14-11(7-13(9)20-4)16(2,18)21-15(14)17/h5-7,18H,1-4H3/t16-/m0/s1. The van der Waals surface area contributed by atoms with Gasteiger partial charge in [0.05, 0.1) is 19.8 Å². The summed E-state index contributed by atoms with van der Waals surface area (Å²) in [5.74, 6) is -0.953. The van der Waals surface area contributed by atoms with Crippen molar-refractivity contribution < 1.29 is 24.1 Å². The maximum absolute atomic E-state index is 12.1. The van der Waals surface area contributed by atoms with E-state index in [4.69, 9.17) is 14.2 Å². The fourth-order valence-electron chi connectivity index (χ4n) is 2.79. The highest BCUT2D eigenvalue weighted by Crippen LogP contribution is 2.43. The molecule has 0 bridgehead atoms. The summed E-state index contributed by atoms with van der Waals surface area (Å²) < 4.78 is 15.8. The molecular weight excluding hydrogens is 272 g/mol. The van der Waals surface area contributed by atoms with Crippen molar-refractivity contribution in [3.05, 3.63) is 34.9 Å². The van der Waals surface area contributed by atoms with Crippen LogP contribution in [0.15, 0.2) is 18.2 Å². The molecule has 3 rings (SSSR count). The number of hydrogen-bond acceptors (Lipinski definition) is 5. The molecule has 1 heterocycles. The van der Waals surface area contributed by atoms with Crippen LogP contribution in [0.1, 0.15) is 28.4 Å². The molecule has 0 radical (unpaired) electrons. The number of ether oxygens (including phenoxy) is 3. The van der Waals surface area contributed by atoms with Crippen molar-refractivity contribution >= 4 is 16.7 Å². The van der Waals surface area contributed by atoms with E-state index in [9.17, 15) is 9.90 Å². The lowest BCUT2D eigenvalue weighted by molar-refractivity contribution is -0.147. The second kappa shape index (κ2) is 4.36. The van der Waals surface area contributed by atoms with E-state index >= 15 is 0 Å². The summed E-state index contributed by atoms with van der Waals surface area (Å²) in [6.45, 7) is 3.35. The van der Waals surface area contributed by atoms with Gasteiger partial charge in [-0.1, -0.05) is 0 Å². The van der Waals surface area contributed by atoms with Crippen molar-refractivity contribution in [2.24, 2.45) is 0 Å². The summed E-state index contributed by atoms with van der Waals surface area (Å²) in [5, 5.41) is 11.7. The van der Waals surface area contributed by atoms with Crippen molar-refractivity contribution in [2.45, 2.75) is 19.6 Å². The van der Waals surface area contributed by atoms with Gasteiger partial charge in [0.2, 0.25) is 5.79 Å². The number of carbonyl (C=O) groups excluding carboxylic acids is 1. The van der Waals surface area contributed by atoms with Gasteiger partial charge in [-0.05, 0) is 30.7 Å². The molecule has 1 N–H and O–H groups in total. The Labute approximate surface area is 122 Å². The Hall–Kier alpha value is -2.27. The summed E-state index contributed by atoms with van der Waals surface area (Å²) in [6.07, 6.45) is 0. The third kappa shape index (κ3) is 1.85. The lowest BCUT2D eigenvalue weighted by atomic mass is 9.94. The van der Waals surface area contributed by atoms with Crippen molar-refractivity contribution in [2.75, 3.05) is 14.2 Å². The molecule has 2 aromatic rings. The number of methoxy groups -OCH3 is 2. The lowest BCUT2D eigenvalue weighted by Crippen LogP contribution is -2.20. The largest absolute Gasteiger partial charge is 0.496 e. The molecule has 0 fully saturated rings. The highest BCUT2D eigenvalue weighted by Gasteiger charge is 2.42. The zero-order valence-corrected chi connectivity index (χ0v) is 12.3. The minimum atomic E-state index is -1.65. The van der Waals surface area contributed by atoms with Crippen LogP contribution in [-0.4, -0.2) is 25.3 Å². The number of rotatable bonds is 2. The van der Waals surface area contributed by atoms with Crippen molar-refractivity contribution in [3.63, 3.8) is 0 Å². The minimum Gasteiger partial charge on any atom is -0.496 e. The van der Waals surface area contributed by atoms with Crippen LogP contribution in [0.5, 0.6) is 11.5 Å². The maximum atomic E-state index is 12.1. The number of hydrogen-bond donors (Lipinski definition) is 1. The molecule has 1 atom stereocenters. The summed E-state index contributed by atoms with van der Waals surface area (Å²) in [7, 11) is 3.12. The summed E-state index contributed by atoms with van der Waals surface area (Å²) in [5.41, 5.74) is 1.69. The van der Waals surface area contributed by atoms with E-state index in [0.717, 1.165) is 10.9 Å². The van der Waals surface area contributed by atoms with Gasteiger partial charge in [0.25, 0.3) is 0 Å². The number of carbonyl (C=O) groups is 1. The normalized spacial score (nSPS) is 20.3. The Kier molecular flexibility index (Phi) is 2.85. The second-order valence-electron chi connectivity index (χ2n) is 5.24. The molecule has 110 valence electrons. The highest BCUT2D eigenvalue weighted by atomic mass is 16.7. The highest BCUT2D eigenvalue weighted by molar-refractivity contribution is 6.10.